The van der Waals surface area contributed by atoms with Gasteiger partial charge in [0, 0.05) is 0 Å². The molecule has 2 saturated carbocycles. The summed E-state index contributed by atoms with van der Waals surface area (Å²) < 4.78 is 0. The Morgan fingerprint density at radius 1 is 1.25 bits per heavy atom. The number of aliphatic imine (C=N–C) groups is 2. The Morgan fingerprint density at radius 2 is 2.06 bits per heavy atom. The minimum absolute atomic E-state index is 0.0653. The van der Waals surface area contributed by atoms with Crippen molar-refractivity contribution in [1.82, 2.24) is 0 Å². The lowest BCUT2D eigenvalue weighted by molar-refractivity contribution is 0.219. The second-order valence-corrected chi connectivity index (χ2v) is 5.05. The van der Waals surface area contributed by atoms with Crippen LogP contribution in [0.25, 0.3) is 0 Å². The van der Waals surface area contributed by atoms with E-state index in [9.17, 15) is 9.59 Å². The van der Waals surface area contributed by atoms with E-state index in [2.05, 4.69) is 9.98 Å². The van der Waals surface area contributed by atoms with Gasteiger partial charge in [-0.05, 0) is 49.9 Å². The van der Waals surface area contributed by atoms with Crippen LogP contribution in [0.1, 0.15) is 26.2 Å². The highest BCUT2D eigenvalue weighted by Crippen LogP contribution is 2.53. The van der Waals surface area contributed by atoms with Gasteiger partial charge in [-0.15, -0.1) is 0 Å². The third kappa shape index (κ3) is 1.99. The first-order valence-corrected chi connectivity index (χ1v) is 5.86. The largest absolute Gasteiger partial charge is 0.235 e. The summed E-state index contributed by atoms with van der Waals surface area (Å²) in [6, 6.07) is 0.0653. The quantitative estimate of drug-likeness (QED) is 0.535. The number of hydrogen-bond donors (Lipinski definition) is 0. The Labute approximate surface area is 94.9 Å². The van der Waals surface area contributed by atoms with Gasteiger partial charge in [0.15, 0.2) is 0 Å². The van der Waals surface area contributed by atoms with Crippen LogP contribution in [0.2, 0.25) is 0 Å². The number of hydrogen-bond acceptors (Lipinski definition) is 4. The van der Waals surface area contributed by atoms with Gasteiger partial charge in [0.2, 0.25) is 12.2 Å². The molecule has 0 aromatic heterocycles. The minimum atomic E-state index is 0.0653. The second-order valence-electron chi connectivity index (χ2n) is 5.05. The zero-order chi connectivity index (χ0) is 11.5. The molecular weight excluding hydrogens is 204 g/mol. The highest BCUT2D eigenvalue weighted by atomic mass is 16.1. The first-order chi connectivity index (χ1) is 7.76. The van der Waals surface area contributed by atoms with Crippen LogP contribution in [0.3, 0.4) is 0 Å². The van der Waals surface area contributed by atoms with Gasteiger partial charge in [0.05, 0.1) is 12.6 Å². The van der Waals surface area contributed by atoms with Crippen molar-refractivity contribution in [2.75, 3.05) is 6.54 Å². The lowest BCUT2D eigenvalue weighted by Crippen LogP contribution is -2.28. The molecule has 0 radical (unpaired) electrons. The maximum Gasteiger partial charge on any atom is 0.235 e. The summed E-state index contributed by atoms with van der Waals surface area (Å²) >= 11 is 0. The zero-order valence-electron chi connectivity index (χ0n) is 9.43. The Hall–Kier alpha value is -1.24. The predicted octanol–water partition coefficient (Wildman–Crippen LogP) is 1.71. The zero-order valence-corrected chi connectivity index (χ0v) is 9.43. The predicted molar refractivity (Wildman–Crippen MR) is 58.4 cm³/mol. The van der Waals surface area contributed by atoms with E-state index in [-0.39, 0.29) is 6.04 Å². The summed E-state index contributed by atoms with van der Waals surface area (Å²) in [6.45, 7) is 2.58. The summed E-state index contributed by atoms with van der Waals surface area (Å²) in [6.07, 6.45) is 6.81. The van der Waals surface area contributed by atoms with Gasteiger partial charge in [-0.25, -0.2) is 19.6 Å². The molecule has 86 valence electrons. The summed E-state index contributed by atoms with van der Waals surface area (Å²) in [5, 5.41) is 0. The summed E-state index contributed by atoms with van der Waals surface area (Å²) in [5.74, 6) is 2.29. The SMILES string of the molecule is CC(N=C=O)C1CC2CC(CN=C=O)C1C2. The van der Waals surface area contributed by atoms with Gasteiger partial charge in [0.25, 0.3) is 0 Å². The van der Waals surface area contributed by atoms with Crippen LogP contribution in [0.5, 0.6) is 0 Å². The van der Waals surface area contributed by atoms with Crippen molar-refractivity contribution >= 4 is 12.2 Å². The molecule has 2 rings (SSSR count). The molecule has 0 aromatic carbocycles. The van der Waals surface area contributed by atoms with Crippen LogP contribution in [0, 0.1) is 23.7 Å². The maximum atomic E-state index is 10.3. The standard InChI is InChI=1S/C12H16N2O2/c1-8(14-7-16)11-3-9-2-10(5-13-6-15)12(11)4-9/h8-12H,2-5H2,1H3. The van der Waals surface area contributed by atoms with Crippen LogP contribution in [-0.2, 0) is 9.59 Å². The molecule has 0 amide bonds. The summed E-state index contributed by atoms with van der Waals surface area (Å²) in [4.78, 5) is 27.9. The Kier molecular flexibility index (Phi) is 3.33. The van der Waals surface area contributed by atoms with E-state index < -0.39 is 0 Å². The Morgan fingerprint density at radius 3 is 2.69 bits per heavy atom. The molecule has 0 saturated heterocycles. The number of nitrogens with zero attached hydrogens (tertiary/aromatic N) is 2. The highest BCUT2D eigenvalue weighted by molar-refractivity contribution is 5.34. The van der Waals surface area contributed by atoms with Crippen molar-refractivity contribution < 1.29 is 9.59 Å². The molecule has 0 N–H and O–H groups in total. The van der Waals surface area contributed by atoms with Gasteiger partial charge in [-0.2, -0.15) is 0 Å². The molecule has 0 heterocycles. The number of rotatable bonds is 4. The van der Waals surface area contributed by atoms with E-state index in [0.29, 0.717) is 24.3 Å². The molecule has 4 nitrogen and oxygen atoms in total. The molecule has 4 heteroatoms. The van der Waals surface area contributed by atoms with Gasteiger partial charge in [-0.1, -0.05) is 0 Å². The highest BCUT2D eigenvalue weighted by Gasteiger charge is 2.47. The van der Waals surface area contributed by atoms with E-state index in [4.69, 9.17) is 0 Å². The van der Waals surface area contributed by atoms with E-state index in [1.165, 1.54) is 12.8 Å². The monoisotopic (exact) mass is 220 g/mol. The van der Waals surface area contributed by atoms with E-state index in [1.807, 2.05) is 6.92 Å². The topological polar surface area (TPSA) is 58.9 Å². The number of carbonyl (C=O) groups excluding carboxylic acids is 2. The molecule has 2 fully saturated rings. The fourth-order valence-corrected chi connectivity index (χ4v) is 3.65. The second kappa shape index (κ2) is 4.73. The van der Waals surface area contributed by atoms with Crippen LogP contribution < -0.4 is 0 Å². The fraction of sp³-hybridized carbons (Fsp3) is 0.833. The molecule has 0 aliphatic heterocycles. The third-order valence-electron chi connectivity index (χ3n) is 4.27. The average molecular weight is 220 g/mol. The molecule has 2 aliphatic carbocycles. The molecule has 5 atom stereocenters. The van der Waals surface area contributed by atoms with Crippen molar-refractivity contribution in [2.45, 2.75) is 32.2 Å². The third-order valence-corrected chi connectivity index (χ3v) is 4.27. The lowest BCUT2D eigenvalue weighted by atomic mass is 9.77. The molecule has 2 aliphatic rings. The molecule has 2 bridgehead atoms. The smallest absolute Gasteiger partial charge is 0.211 e. The van der Waals surface area contributed by atoms with Crippen LogP contribution in [-0.4, -0.2) is 24.7 Å². The number of isocyanates is 2. The molecule has 16 heavy (non-hydrogen) atoms. The Balaban J connectivity index is 2.03. The summed E-state index contributed by atoms with van der Waals surface area (Å²) in [7, 11) is 0. The van der Waals surface area contributed by atoms with Crippen molar-refractivity contribution in [3.8, 4) is 0 Å². The molecule has 0 aromatic rings. The maximum absolute atomic E-state index is 10.3. The van der Waals surface area contributed by atoms with Crippen LogP contribution >= 0.6 is 0 Å². The molecule has 5 unspecified atom stereocenters. The number of fused-ring (bicyclic) bond motifs is 2. The van der Waals surface area contributed by atoms with Crippen molar-refractivity contribution in [3.63, 3.8) is 0 Å². The summed E-state index contributed by atoms with van der Waals surface area (Å²) in [5.41, 5.74) is 0. The van der Waals surface area contributed by atoms with Gasteiger partial charge in [-0.3, -0.25) is 0 Å². The minimum Gasteiger partial charge on any atom is -0.211 e. The van der Waals surface area contributed by atoms with Crippen molar-refractivity contribution in [1.29, 1.82) is 0 Å². The van der Waals surface area contributed by atoms with Gasteiger partial charge >= 0.3 is 0 Å². The first kappa shape index (κ1) is 11.3. The first-order valence-electron chi connectivity index (χ1n) is 5.86. The van der Waals surface area contributed by atoms with Gasteiger partial charge < -0.3 is 0 Å². The van der Waals surface area contributed by atoms with E-state index >= 15 is 0 Å². The van der Waals surface area contributed by atoms with Crippen molar-refractivity contribution in [3.05, 3.63) is 0 Å². The van der Waals surface area contributed by atoms with Crippen LogP contribution in [0.4, 0.5) is 0 Å². The lowest BCUT2D eigenvalue weighted by Gasteiger charge is -2.30. The van der Waals surface area contributed by atoms with Crippen molar-refractivity contribution in [2.24, 2.45) is 33.7 Å². The Bertz CT molecular complexity index is 356. The van der Waals surface area contributed by atoms with E-state index in [0.717, 1.165) is 12.3 Å². The molecule has 0 spiro atoms. The average Bonchev–Trinajstić information content (AvgIpc) is 2.85. The fourth-order valence-electron chi connectivity index (χ4n) is 3.65. The normalized spacial score (nSPS) is 37.6. The van der Waals surface area contributed by atoms with E-state index in [1.54, 1.807) is 12.2 Å². The van der Waals surface area contributed by atoms with Gasteiger partial charge in [0.1, 0.15) is 0 Å². The van der Waals surface area contributed by atoms with Crippen LogP contribution in [0.15, 0.2) is 9.98 Å². The molecular formula is C12H16N2O2.